The Hall–Kier alpha value is -1.28. The molecule has 0 radical (unpaired) electrons. The summed E-state index contributed by atoms with van der Waals surface area (Å²) in [5, 5.41) is 4.91. The molecule has 0 bridgehead atoms. The fraction of sp³-hybridized carbons (Fsp3) is 0.250. The van der Waals surface area contributed by atoms with Crippen LogP contribution in [0.5, 0.6) is 0 Å². The Morgan fingerprint density at radius 1 is 1.13 bits per heavy atom. The van der Waals surface area contributed by atoms with Crippen molar-refractivity contribution in [2.24, 2.45) is 0 Å². The minimum atomic E-state index is 0.642. The first-order valence-corrected chi connectivity index (χ1v) is 5.43. The van der Waals surface area contributed by atoms with Crippen LogP contribution < -0.4 is 0 Å². The number of aryl methyl sites for hydroxylation is 1. The lowest BCUT2D eigenvalue weighted by Gasteiger charge is -2.00. The Balaban J connectivity index is 0.000000531. The van der Waals surface area contributed by atoms with Crippen molar-refractivity contribution >= 4 is 11.6 Å². The smallest absolute Gasteiger partial charge is 0.133 e. The fourth-order valence-corrected chi connectivity index (χ4v) is 1.51. The zero-order chi connectivity index (χ0) is 11.3. The molecule has 0 fully saturated rings. The molecule has 2 rings (SSSR count). The van der Waals surface area contributed by atoms with Gasteiger partial charge in [0, 0.05) is 0 Å². The van der Waals surface area contributed by atoms with E-state index in [0.717, 1.165) is 11.4 Å². The van der Waals surface area contributed by atoms with Crippen LogP contribution in [0.3, 0.4) is 0 Å². The van der Waals surface area contributed by atoms with Gasteiger partial charge in [0.1, 0.15) is 5.15 Å². The van der Waals surface area contributed by atoms with Crippen molar-refractivity contribution < 1.29 is 0 Å². The van der Waals surface area contributed by atoms with Gasteiger partial charge in [0.25, 0.3) is 0 Å². The van der Waals surface area contributed by atoms with Crippen molar-refractivity contribution in [3.63, 3.8) is 0 Å². The van der Waals surface area contributed by atoms with E-state index in [1.165, 1.54) is 0 Å². The predicted octanol–water partition coefficient (Wildman–Crippen LogP) is 3.86. The third-order valence-corrected chi connectivity index (χ3v) is 2.06. The number of aromatic nitrogens is 2. The van der Waals surface area contributed by atoms with Gasteiger partial charge in [-0.3, -0.25) is 0 Å². The summed E-state index contributed by atoms with van der Waals surface area (Å²) < 4.78 is 1.72. The molecule has 0 spiro atoms. The van der Waals surface area contributed by atoms with Gasteiger partial charge in [-0.25, -0.2) is 4.68 Å². The van der Waals surface area contributed by atoms with Gasteiger partial charge in [-0.05, 0) is 25.1 Å². The molecule has 0 aliphatic rings. The topological polar surface area (TPSA) is 17.8 Å². The van der Waals surface area contributed by atoms with Gasteiger partial charge >= 0.3 is 0 Å². The largest absolute Gasteiger partial charge is 0.222 e. The van der Waals surface area contributed by atoms with E-state index >= 15 is 0 Å². The van der Waals surface area contributed by atoms with Gasteiger partial charge in [-0.15, -0.1) is 0 Å². The minimum absolute atomic E-state index is 0.642. The second-order valence-corrected chi connectivity index (χ2v) is 3.24. The van der Waals surface area contributed by atoms with E-state index in [2.05, 4.69) is 5.10 Å². The zero-order valence-electron chi connectivity index (χ0n) is 9.24. The Bertz CT molecular complexity index is 407. The quantitative estimate of drug-likeness (QED) is 0.717. The molecule has 0 atom stereocenters. The summed E-state index contributed by atoms with van der Waals surface area (Å²) in [5.41, 5.74) is 1.91. The summed E-state index contributed by atoms with van der Waals surface area (Å²) in [4.78, 5) is 0. The summed E-state index contributed by atoms with van der Waals surface area (Å²) in [6.07, 6.45) is 0. The van der Waals surface area contributed by atoms with Gasteiger partial charge < -0.3 is 0 Å². The van der Waals surface area contributed by atoms with Crippen LogP contribution in [-0.4, -0.2) is 9.78 Å². The number of benzene rings is 1. The average molecular weight is 223 g/mol. The molecule has 0 aliphatic carbocycles. The Morgan fingerprint density at radius 2 is 1.73 bits per heavy atom. The van der Waals surface area contributed by atoms with E-state index in [9.17, 15) is 0 Å². The molecule has 0 amide bonds. The molecule has 0 saturated heterocycles. The van der Waals surface area contributed by atoms with Gasteiger partial charge in [-0.1, -0.05) is 43.6 Å². The second kappa shape index (κ2) is 5.56. The van der Waals surface area contributed by atoms with Gasteiger partial charge in [-0.2, -0.15) is 5.10 Å². The van der Waals surface area contributed by atoms with Crippen LogP contribution in [0.1, 0.15) is 19.5 Å². The van der Waals surface area contributed by atoms with Crippen molar-refractivity contribution in [1.29, 1.82) is 0 Å². The summed E-state index contributed by atoms with van der Waals surface area (Å²) in [5.74, 6) is 0. The maximum absolute atomic E-state index is 5.98. The van der Waals surface area contributed by atoms with Crippen molar-refractivity contribution in [3.8, 4) is 5.69 Å². The molecule has 3 heteroatoms. The number of rotatable bonds is 1. The molecular formula is C12H15ClN2. The van der Waals surface area contributed by atoms with E-state index in [0.29, 0.717) is 5.15 Å². The van der Waals surface area contributed by atoms with E-state index in [-0.39, 0.29) is 0 Å². The van der Waals surface area contributed by atoms with Crippen LogP contribution in [0.2, 0.25) is 5.15 Å². The van der Waals surface area contributed by atoms with E-state index in [1.54, 1.807) is 4.68 Å². The molecule has 0 unspecified atom stereocenters. The Morgan fingerprint density at radius 3 is 2.20 bits per heavy atom. The van der Waals surface area contributed by atoms with Crippen LogP contribution >= 0.6 is 11.6 Å². The highest BCUT2D eigenvalue weighted by atomic mass is 35.5. The van der Waals surface area contributed by atoms with Gasteiger partial charge in [0.05, 0.1) is 11.4 Å². The summed E-state index contributed by atoms with van der Waals surface area (Å²) >= 11 is 5.98. The lowest BCUT2D eigenvalue weighted by molar-refractivity contribution is 0.863. The first kappa shape index (κ1) is 11.8. The molecule has 2 nitrogen and oxygen atoms in total. The summed E-state index contributed by atoms with van der Waals surface area (Å²) in [6, 6.07) is 11.7. The summed E-state index contributed by atoms with van der Waals surface area (Å²) in [7, 11) is 0. The van der Waals surface area contributed by atoms with E-state index in [1.807, 2.05) is 57.2 Å². The molecule has 1 aromatic heterocycles. The molecule has 1 aromatic carbocycles. The molecule has 2 aromatic rings. The van der Waals surface area contributed by atoms with Gasteiger partial charge in [0.15, 0.2) is 0 Å². The third-order valence-electron chi connectivity index (χ3n) is 1.79. The lowest BCUT2D eigenvalue weighted by Crippen LogP contribution is -1.95. The number of para-hydroxylation sites is 1. The minimum Gasteiger partial charge on any atom is -0.222 e. The monoisotopic (exact) mass is 222 g/mol. The SMILES string of the molecule is CC.Cc1cc(Cl)n(-c2ccccc2)n1. The highest BCUT2D eigenvalue weighted by molar-refractivity contribution is 6.29. The van der Waals surface area contributed by atoms with Crippen molar-refractivity contribution in [2.75, 3.05) is 0 Å². The third kappa shape index (κ3) is 2.83. The molecular weight excluding hydrogens is 208 g/mol. The Kier molecular flexibility index (Phi) is 4.37. The van der Waals surface area contributed by atoms with E-state index < -0.39 is 0 Å². The van der Waals surface area contributed by atoms with Gasteiger partial charge in [0.2, 0.25) is 0 Å². The van der Waals surface area contributed by atoms with E-state index in [4.69, 9.17) is 11.6 Å². The van der Waals surface area contributed by atoms with Crippen LogP contribution in [-0.2, 0) is 0 Å². The maximum atomic E-state index is 5.98. The van der Waals surface area contributed by atoms with Crippen LogP contribution in [0.15, 0.2) is 36.4 Å². The first-order valence-electron chi connectivity index (χ1n) is 5.05. The lowest BCUT2D eigenvalue weighted by atomic mass is 10.3. The number of nitrogens with zero attached hydrogens (tertiary/aromatic N) is 2. The first-order chi connectivity index (χ1) is 7.27. The molecule has 0 saturated carbocycles. The maximum Gasteiger partial charge on any atom is 0.133 e. The van der Waals surface area contributed by atoms with Crippen LogP contribution in [0.4, 0.5) is 0 Å². The standard InChI is InChI=1S/C10H9ClN2.C2H6/c1-8-7-10(11)13(12-8)9-5-3-2-4-6-9;1-2/h2-7H,1H3;1-2H3. The molecule has 80 valence electrons. The molecule has 1 heterocycles. The molecule has 0 N–H and O–H groups in total. The normalized spacial score (nSPS) is 9.33. The number of hydrogen-bond acceptors (Lipinski definition) is 1. The average Bonchev–Trinajstić information content (AvgIpc) is 2.62. The Labute approximate surface area is 95.5 Å². The molecule has 15 heavy (non-hydrogen) atoms. The van der Waals surface area contributed by atoms with Crippen molar-refractivity contribution in [2.45, 2.75) is 20.8 Å². The summed E-state index contributed by atoms with van der Waals surface area (Å²) in [6.45, 7) is 5.92. The predicted molar refractivity (Wildman–Crippen MR) is 64.7 cm³/mol. The van der Waals surface area contributed by atoms with Crippen LogP contribution in [0, 0.1) is 6.92 Å². The molecule has 0 aliphatic heterocycles. The van der Waals surface area contributed by atoms with Crippen LogP contribution in [0.25, 0.3) is 5.69 Å². The zero-order valence-corrected chi connectivity index (χ0v) is 9.99. The highest BCUT2D eigenvalue weighted by Crippen LogP contribution is 2.16. The van der Waals surface area contributed by atoms with Crippen molar-refractivity contribution in [1.82, 2.24) is 9.78 Å². The van der Waals surface area contributed by atoms with Crippen molar-refractivity contribution in [3.05, 3.63) is 47.2 Å². The highest BCUT2D eigenvalue weighted by Gasteiger charge is 2.03. The number of hydrogen-bond donors (Lipinski definition) is 0. The second-order valence-electron chi connectivity index (χ2n) is 2.86. The fourth-order valence-electron chi connectivity index (χ4n) is 1.22. The number of halogens is 1.